The molecule has 0 fully saturated rings. The highest BCUT2D eigenvalue weighted by atomic mass is 16.3. The van der Waals surface area contributed by atoms with E-state index in [-0.39, 0.29) is 12.0 Å². The summed E-state index contributed by atoms with van der Waals surface area (Å²) in [6.07, 6.45) is 1.67. The third-order valence-corrected chi connectivity index (χ3v) is 1.96. The summed E-state index contributed by atoms with van der Waals surface area (Å²) in [6.45, 7) is 5.58. The van der Waals surface area contributed by atoms with E-state index in [0.29, 0.717) is 6.54 Å². The van der Waals surface area contributed by atoms with Crippen LogP contribution < -0.4 is 5.32 Å². The van der Waals surface area contributed by atoms with Crippen molar-refractivity contribution >= 4 is 0 Å². The van der Waals surface area contributed by atoms with Gasteiger partial charge in [0, 0.05) is 25.6 Å². The fourth-order valence-corrected chi connectivity index (χ4v) is 1.03. The number of hydrogen-bond acceptors (Lipinski definition) is 4. The van der Waals surface area contributed by atoms with Gasteiger partial charge in [-0.15, -0.1) is 0 Å². The molecule has 0 radical (unpaired) electrons. The van der Waals surface area contributed by atoms with Gasteiger partial charge in [0.2, 0.25) is 0 Å². The maximum absolute atomic E-state index is 9.02. The third-order valence-electron chi connectivity index (χ3n) is 1.96. The Morgan fingerprint density at radius 2 is 2.29 bits per heavy atom. The Bertz CT molecular complexity index is 282. The quantitative estimate of drug-likeness (QED) is 0.695. The number of nitrogens with zero attached hydrogens (tertiary/aromatic N) is 3. The molecule has 0 unspecified atom stereocenters. The summed E-state index contributed by atoms with van der Waals surface area (Å²) < 4.78 is 1.67. The topological polar surface area (TPSA) is 63.0 Å². The molecule has 1 heterocycles. The fraction of sp³-hybridized carbons (Fsp3) is 0.778. The van der Waals surface area contributed by atoms with Gasteiger partial charge in [-0.1, -0.05) is 13.8 Å². The first-order valence-corrected chi connectivity index (χ1v) is 4.69. The number of aromatic nitrogens is 3. The zero-order chi connectivity index (χ0) is 10.6. The molecule has 80 valence electrons. The molecule has 2 N–H and O–H groups in total. The van der Waals surface area contributed by atoms with Crippen molar-refractivity contribution in [3.05, 3.63) is 12.2 Å². The Hall–Kier alpha value is -0.940. The Kier molecular flexibility index (Phi) is 3.60. The van der Waals surface area contributed by atoms with Gasteiger partial charge >= 0.3 is 0 Å². The SMILES string of the molecule is Cn1cnc(CNCC(C)(C)CO)n1. The molecular formula is C9H18N4O. The number of aliphatic hydroxyl groups is 1. The first-order valence-electron chi connectivity index (χ1n) is 4.69. The van der Waals surface area contributed by atoms with Crippen LogP contribution in [0.25, 0.3) is 0 Å². The second kappa shape index (κ2) is 4.52. The fourth-order valence-electron chi connectivity index (χ4n) is 1.03. The van der Waals surface area contributed by atoms with Gasteiger partial charge in [0.1, 0.15) is 6.33 Å². The molecular weight excluding hydrogens is 180 g/mol. The first-order chi connectivity index (χ1) is 6.53. The second-order valence-electron chi connectivity index (χ2n) is 4.26. The van der Waals surface area contributed by atoms with E-state index in [0.717, 1.165) is 12.4 Å². The molecule has 0 spiro atoms. The van der Waals surface area contributed by atoms with Crippen LogP contribution in [0.3, 0.4) is 0 Å². The van der Waals surface area contributed by atoms with Crippen LogP contribution in [0, 0.1) is 5.41 Å². The van der Waals surface area contributed by atoms with Crippen LogP contribution >= 0.6 is 0 Å². The van der Waals surface area contributed by atoms with E-state index < -0.39 is 0 Å². The monoisotopic (exact) mass is 198 g/mol. The number of aryl methyl sites for hydroxylation is 1. The van der Waals surface area contributed by atoms with E-state index in [2.05, 4.69) is 15.4 Å². The summed E-state index contributed by atoms with van der Waals surface area (Å²) in [4.78, 5) is 4.09. The van der Waals surface area contributed by atoms with Gasteiger partial charge in [-0.2, -0.15) is 5.10 Å². The molecule has 5 heteroatoms. The molecule has 0 saturated carbocycles. The minimum absolute atomic E-state index is 0.0885. The Morgan fingerprint density at radius 3 is 2.79 bits per heavy atom. The predicted molar refractivity (Wildman–Crippen MR) is 53.6 cm³/mol. The lowest BCUT2D eigenvalue weighted by Crippen LogP contribution is -2.32. The number of rotatable bonds is 5. The van der Waals surface area contributed by atoms with E-state index in [1.54, 1.807) is 11.0 Å². The van der Waals surface area contributed by atoms with Gasteiger partial charge < -0.3 is 10.4 Å². The van der Waals surface area contributed by atoms with Crippen molar-refractivity contribution in [1.29, 1.82) is 0 Å². The number of nitrogens with one attached hydrogen (secondary N) is 1. The highest BCUT2D eigenvalue weighted by Gasteiger charge is 2.15. The summed E-state index contributed by atoms with van der Waals surface area (Å²) in [7, 11) is 1.84. The van der Waals surface area contributed by atoms with Crippen molar-refractivity contribution in [2.75, 3.05) is 13.2 Å². The Balaban J connectivity index is 2.28. The Labute approximate surface area is 84.2 Å². The predicted octanol–water partition coefficient (Wildman–Crippen LogP) is -0.0768. The van der Waals surface area contributed by atoms with Crippen molar-refractivity contribution < 1.29 is 5.11 Å². The van der Waals surface area contributed by atoms with Crippen LogP contribution in [-0.2, 0) is 13.6 Å². The van der Waals surface area contributed by atoms with Crippen LogP contribution in [0.1, 0.15) is 19.7 Å². The number of hydrogen-bond donors (Lipinski definition) is 2. The van der Waals surface area contributed by atoms with Crippen molar-refractivity contribution in [1.82, 2.24) is 20.1 Å². The normalized spacial score (nSPS) is 12.0. The summed E-state index contributed by atoms with van der Waals surface area (Å²) in [6, 6.07) is 0. The van der Waals surface area contributed by atoms with Gasteiger partial charge in [-0.25, -0.2) is 4.98 Å². The maximum atomic E-state index is 9.02. The van der Waals surface area contributed by atoms with E-state index in [4.69, 9.17) is 5.11 Å². The minimum atomic E-state index is -0.0885. The first kappa shape index (κ1) is 11.1. The molecule has 0 aliphatic carbocycles. The second-order valence-corrected chi connectivity index (χ2v) is 4.26. The highest BCUT2D eigenvalue weighted by Crippen LogP contribution is 2.11. The summed E-state index contributed by atoms with van der Waals surface area (Å²) in [5.41, 5.74) is -0.0885. The highest BCUT2D eigenvalue weighted by molar-refractivity contribution is 4.81. The minimum Gasteiger partial charge on any atom is -0.396 e. The van der Waals surface area contributed by atoms with E-state index >= 15 is 0 Å². The molecule has 1 aromatic heterocycles. The van der Waals surface area contributed by atoms with Crippen LogP contribution in [0.15, 0.2) is 6.33 Å². The van der Waals surface area contributed by atoms with Crippen LogP contribution in [0.4, 0.5) is 0 Å². The molecule has 0 saturated heterocycles. The van der Waals surface area contributed by atoms with Gasteiger partial charge in [-0.3, -0.25) is 4.68 Å². The van der Waals surface area contributed by atoms with Crippen LogP contribution in [-0.4, -0.2) is 33.0 Å². The molecule has 5 nitrogen and oxygen atoms in total. The molecule has 0 aromatic carbocycles. The number of aliphatic hydroxyl groups excluding tert-OH is 1. The van der Waals surface area contributed by atoms with Crippen molar-refractivity contribution in [2.45, 2.75) is 20.4 Å². The molecule has 0 aliphatic rings. The lowest BCUT2D eigenvalue weighted by molar-refractivity contribution is 0.156. The van der Waals surface area contributed by atoms with Gasteiger partial charge in [-0.05, 0) is 0 Å². The molecule has 0 amide bonds. The van der Waals surface area contributed by atoms with Crippen molar-refractivity contribution in [3.8, 4) is 0 Å². The van der Waals surface area contributed by atoms with Gasteiger partial charge in [0.05, 0.1) is 6.54 Å². The Morgan fingerprint density at radius 1 is 1.57 bits per heavy atom. The standard InChI is InChI=1S/C9H18N4O/c1-9(2,6-14)5-10-4-8-11-7-13(3)12-8/h7,10,14H,4-6H2,1-3H3. The summed E-state index contributed by atoms with van der Waals surface area (Å²) in [5, 5.41) is 16.4. The van der Waals surface area contributed by atoms with E-state index in [9.17, 15) is 0 Å². The lowest BCUT2D eigenvalue weighted by Gasteiger charge is -2.21. The zero-order valence-corrected chi connectivity index (χ0v) is 8.99. The van der Waals surface area contributed by atoms with Gasteiger partial charge in [0.15, 0.2) is 5.82 Å². The summed E-state index contributed by atoms with van der Waals surface area (Å²) in [5.74, 6) is 0.779. The largest absolute Gasteiger partial charge is 0.396 e. The van der Waals surface area contributed by atoms with Crippen LogP contribution in [0.5, 0.6) is 0 Å². The van der Waals surface area contributed by atoms with Gasteiger partial charge in [0.25, 0.3) is 0 Å². The van der Waals surface area contributed by atoms with E-state index in [1.807, 2.05) is 20.9 Å². The lowest BCUT2D eigenvalue weighted by atomic mass is 9.95. The van der Waals surface area contributed by atoms with Crippen LogP contribution in [0.2, 0.25) is 0 Å². The van der Waals surface area contributed by atoms with Crippen molar-refractivity contribution in [2.24, 2.45) is 12.5 Å². The molecule has 0 atom stereocenters. The summed E-state index contributed by atoms with van der Waals surface area (Å²) >= 11 is 0. The smallest absolute Gasteiger partial charge is 0.164 e. The molecule has 0 aliphatic heterocycles. The van der Waals surface area contributed by atoms with Crippen molar-refractivity contribution in [3.63, 3.8) is 0 Å². The average Bonchev–Trinajstić information content (AvgIpc) is 2.51. The van der Waals surface area contributed by atoms with E-state index in [1.165, 1.54) is 0 Å². The molecule has 0 bridgehead atoms. The zero-order valence-electron chi connectivity index (χ0n) is 8.99. The average molecular weight is 198 g/mol. The molecule has 14 heavy (non-hydrogen) atoms. The third kappa shape index (κ3) is 3.43. The molecule has 1 rings (SSSR count). The maximum Gasteiger partial charge on any atom is 0.164 e. The molecule has 1 aromatic rings.